The summed E-state index contributed by atoms with van der Waals surface area (Å²) in [5.41, 5.74) is 1.86. The Morgan fingerprint density at radius 3 is 2.47 bits per heavy atom. The molecule has 4 heteroatoms. The number of likely N-dealkylation sites (tertiary alicyclic amines) is 1. The second-order valence-electron chi connectivity index (χ2n) is 5.03. The Balaban J connectivity index is 1.88. The Morgan fingerprint density at radius 2 is 1.95 bits per heavy atom. The van der Waals surface area contributed by atoms with Crippen LogP contribution in [0.5, 0.6) is 0 Å². The van der Waals surface area contributed by atoms with Gasteiger partial charge in [0.1, 0.15) is 0 Å². The lowest BCUT2D eigenvalue weighted by molar-refractivity contribution is 0.0600. The number of methoxy groups -OCH3 is 1. The summed E-state index contributed by atoms with van der Waals surface area (Å²) in [7, 11) is 3.44. The van der Waals surface area contributed by atoms with Crippen molar-refractivity contribution < 1.29 is 9.53 Å². The first-order valence-corrected chi connectivity index (χ1v) is 6.80. The Bertz CT molecular complexity index is 409. The van der Waals surface area contributed by atoms with E-state index in [9.17, 15) is 4.79 Å². The number of esters is 1. The summed E-state index contributed by atoms with van der Waals surface area (Å²) in [6.45, 7) is 3.21. The molecule has 0 spiro atoms. The van der Waals surface area contributed by atoms with Gasteiger partial charge >= 0.3 is 5.97 Å². The molecule has 1 aliphatic heterocycles. The van der Waals surface area contributed by atoms with Gasteiger partial charge in [-0.15, -0.1) is 0 Å². The minimum absolute atomic E-state index is 0.276. The van der Waals surface area contributed by atoms with Crippen LogP contribution < -0.4 is 5.32 Å². The molecule has 19 heavy (non-hydrogen) atoms. The predicted molar refractivity (Wildman–Crippen MR) is 75.1 cm³/mol. The van der Waals surface area contributed by atoms with Gasteiger partial charge in [-0.25, -0.2) is 4.79 Å². The third kappa shape index (κ3) is 3.78. The van der Waals surface area contributed by atoms with Crippen LogP contribution in [0.25, 0.3) is 0 Å². The number of hydrogen-bond acceptors (Lipinski definition) is 4. The van der Waals surface area contributed by atoms with E-state index in [2.05, 4.69) is 10.2 Å². The van der Waals surface area contributed by atoms with Gasteiger partial charge in [0.15, 0.2) is 0 Å². The molecule has 0 saturated carbocycles. The molecule has 0 amide bonds. The summed E-state index contributed by atoms with van der Waals surface area (Å²) in [4.78, 5) is 13.8. The monoisotopic (exact) mass is 262 g/mol. The molecular weight excluding hydrogens is 240 g/mol. The Hall–Kier alpha value is -1.39. The fourth-order valence-electron chi connectivity index (χ4n) is 2.50. The number of benzene rings is 1. The molecule has 1 aliphatic rings. The Labute approximate surface area is 114 Å². The lowest BCUT2D eigenvalue weighted by Crippen LogP contribution is -2.40. The zero-order valence-electron chi connectivity index (χ0n) is 11.7. The zero-order chi connectivity index (χ0) is 13.7. The molecule has 1 N–H and O–H groups in total. The molecule has 1 saturated heterocycles. The number of ether oxygens (including phenoxy) is 1. The predicted octanol–water partition coefficient (Wildman–Crippen LogP) is 1.66. The standard InChI is InChI=1S/C15H22N2O2/c1-16-14-7-9-17(10-8-14)11-12-3-5-13(6-4-12)15(18)19-2/h3-6,14,16H,7-11H2,1-2H3. The highest BCUT2D eigenvalue weighted by molar-refractivity contribution is 5.89. The van der Waals surface area contributed by atoms with E-state index in [1.54, 1.807) is 0 Å². The molecule has 0 unspecified atom stereocenters. The van der Waals surface area contributed by atoms with Crippen molar-refractivity contribution in [1.29, 1.82) is 0 Å². The van der Waals surface area contributed by atoms with Crippen LogP contribution in [0.1, 0.15) is 28.8 Å². The number of piperidine rings is 1. The number of nitrogens with zero attached hydrogens (tertiary/aromatic N) is 1. The number of rotatable bonds is 4. The molecule has 0 aromatic heterocycles. The topological polar surface area (TPSA) is 41.6 Å². The molecule has 4 nitrogen and oxygen atoms in total. The number of carbonyl (C=O) groups excluding carboxylic acids is 1. The largest absolute Gasteiger partial charge is 0.465 e. The first kappa shape index (κ1) is 14.0. The Kier molecular flexibility index (Phi) is 4.93. The first-order chi connectivity index (χ1) is 9.22. The van der Waals surface area contributed by atoms with E-state index in [0.717, 1.165) is 19.6 Å². The van der Waals surface area contributed by atoms with Crippen molar-refractivity contribution in [3.8, 4) is 0 Å². The molecular formula is C15H22N2O2. The second-order valence-corrected chi connectivity index (χ2v) is 5.03. The maximum atomic E-state index is 11.3. The fourth-order valence-corrected chi connectivity index (χ4v) is 2.50. The van der Waals surface area contributed by atoms with Crippen molar-refractivity contribution in [3.05, 3.63) is 35.4 Å². The third-order valence-corrected chi connectivity index (χ3v) is 3.78. The van der Waals surface area contributed by atoms with Crippen LogP contribution in [-0.2, 0) is 11.3 Å². The van der Waals surface area contributed by atoms with E-state index >= 15 is 0 Å². The highest BCUT2D eigenvalue weighted by Gasteiger charge is 2.17. The minimum atomic E-state index is -0.276. The van der Waals surface area contributed by atoms with Crippen molar-refractivity contribution in [2.24, 2.45) is 0 Å². The van der Waals surface area contributed by atoms with Crippen LogP contribution in [0.4, 0.5) is 0 Å². The van der Waals surface area contributed by atoms with Crippen molar-refractivity contribution in [3.63, 3.8) is 0 Å². The van der Waals surface area contributed by atoms with Crippen LogP contribution in [0, 0.1) is 0 Å². The molecule has 1 aromatic rings. The lowest BCUT2D eigenvalue weighted by atomic mass is 10.0. The van der Waals surface area contributed by atoms with Gasteiger partial charge < -0.3 is 10.1 Å². The minimum Gasteiger partial charge on any atom is -0.465 e. The summed E-state index contributed by atoms with van der Waals surface area (Å²) >= 11 is 0. The highest BCUT2D eigenvalue weighted by atomic mass is 16.5. The van der Waals surface area contributed by atoms with E-state index < -0.39 is 0 Å². The highest BCUT2D eigenvalue weighted by Crippen LogP contribution is 2.14. The second kappa shape index (κ2) is 6.68. The average molecular weight is 262 g/mol. The van der Waals surface area contributed by atoms with Gasteiger partial charge in [-0.2, -0.15) is 0 Å². The van der Waals surface area contributed by atoms with E-state index in [1.807, 2.05) is 31.3 Å². The van der Waals surface area contributed by atoms with Gasteiger partial charge in [-0.05, 0) is 50.7 Å². The van der Waals surface area contributed by atoms with Gasteiger partial charge in [0.05, 0.1) is 12.7 Å². The number of carbonyl (C=O) groups is 1. The van der Waals surface area contributed by atoms with Crippen molar-refractivity contribution in [1.82, 2.24) is 10.2 Å². The van der Waals surface area contributed by atoms with Crippen molar-refractivity contribution in [2.45, 2.75) is 25.4 Å². The van der Waals surface area contributed by atoms with Crippen molar-refractivity contribution in [2.75, 3.05) is 27.2 Å². The molecule has 1 fully saturated rings. The van der Waals surface area contributed by atoms with E-state index in [0.29, 0.717) is 11.6 Å². The van der Waals surface area contributed by atoms with Gasteiger partial charge in [0.2, 0.25) is 0 Å². The molecule has 0 bridgehead atoms. The van der Waals surface area contributed by atoms with Gasteiger partial charge in [-0.1, -0.05) is 12.1 Å². The fraction of sp³-hybridized carbons (Fsp3) is 0.533. The Morgan fingerprint density at radius 1 is 1.32 bits per heavy atom. The van der Waals surface area contributed by atoms with E-state index in [-0.39, 0.29) is 5.97 Å². The zero-order valence-corrected chi connectivity index (χ0v) is 11.7. The number of hydrogen-bond donors (Lipinski definition) is 1. The summed E-state index contributed by atoms with van der Waals surface area (Å²) in [6, 6.07) is 8.36. The lowest BCUT2D eigenvalue weighted by Gasteiger charge is -2.31. The normalized spacial score (nSPS) is 17.4. The van der Waals surface area contributed by atoms with Crippen LogP contribution in [0.15, 0.2) is 24.3 Å². The average Bonchev–Trinajstić information content (AvgIpc) is 2.48. The molecule has 0 radical (unpaired) electrons. The van der Waals surface area contributed by atoms with E-state index in [4.69, 9.17) is 4.74 Å². The third-order valence-electron chi connectivity index (χ3n) is 3.78. The molecule has 1 aromatic carbocycles. The van der Waals surface area contributed by atoms with Gasteiger partial charge in [0, 0.05) is 12.6 Å². The summed E-state index contributed by atoms with van der Waals surface area (Å²) < 4.78 is 4.69. The van der Waals surface area contributed by atoms with Crippen LogP contribution in [0.3, 0.4) is 0 Å². The smallest absolute Gasteiger partial charge is 0.337 e. The van der Waals surface area contributed by atoms with Crippen LogP contribution in [0.2, 0.25) is 0 Å². The molecule has 0 atom stereocenters. The first-order valence-electron chi connectivity index (χ1n) is 6.80. The van der Waals surface area contributed by atoms with Crippen LogP contribution in [-0.4, -0.2) is 44.2 Å². The summed E-state index contributed by atoms with van der Waals surface area (Å²) in [6.07, 6.45) is 2.41. The van der Waals surface area contributed by atoms with Crippen molar-refractivity contribution >= 4 is 5.97 Å². The van der Waals surface area contributed by atoms with Crippen LogP contribution >= 0.6 is 0 Å². The number of nitrogens with one attached hydrogen (secondary N) is 1. The maximum Gasteiger partial charge on any atom is 0.337 e. The SMILES string of the molecule is CNC1CCN(Cc2ccc(C(=O)OC)cc2)CC1. The molecule has 0 aliphatic carbocycles. The molecule has 104 valence electrons. The van der Waals surface area contributed by atoms with Gasteiger partial charge in [0.25, 0.3) is 0 Å². The van der Waals surface area contributed by atoms with E-state index in [1.165, 1.54) is 25.5 Å². The van der Waals surface area contributed by atoms with Gasteiger partial charge in [-0.3, -0.25) is 4.90 Å². The maximum absolute atomic E-state index is 11.3. The summed E-state index contributed by atoms with van der Waals surface area (Å²) in [5.74, 6) is -0.276. The summed E-state index contributed by atoms with van der Waals surface area (Å²) in [5, 5.41) is 3.34. The molecule has 1 heterocycles. The molecule has 2 rings (SSSR count). The quantitative estimate of drug-likeness (QED) is 0.838.